The van der Waals surface area contributed by atoms with Gasteiger partial charge in [0.25, 0.3) is 16.0 Å². The number of ketones is 1. The van der Waals surface area contributed by atoms with Gasteiger partial charge in [0.05, 0.1) is 37.6 Å². The largest absolute Gasteiger partial charge is 0.493 e. The molecule has 0 unspecified atom stereocenters. The summed E-state index contributed by atoms with van der Waals surface area (Å²) < 4.78 is 54.5. The predicted molar refractivity (Wildman–Crippen MR) is 272 cm³/mol. The van der Waals surface area contributed by atoms with Gasteiger partial charge in [-0.05, 0) is 113 Å². The maximum atomic E-state index is 12.7. The minimum absolute atomic E-state index is 0.0772. The molecule has 0 atom stereocenters. The van der Waals surface area contributed by atoms with E-state index in [1.807, 2.05) is 58.0 Å². The Hall–Kier alpha value is -6.63. The van der Waals surface area contributed by atoms with E-state index in [0.29, 0.717) is 80.6 Å². The molecule has 5 rings (SSSR count). The van der Waals surface area contributed by atoms with Crippen molar-refractivity contribution in [3.63, 3.8) is 0 Å². The number of nitrogen functional groups attached to an aromatic ring is 1. The third-order valence-electron chi connectivity index (χ3n) is 11.3. The Morgan fingerprint density at radius 2 is 1.49 bits per heavy atom. The maximum Gasteiger partial charge on any atom is 0.303 e. The zero-order valence-electron chi connectivity index (χ0n) is 41.2. The van der Waals surface area contributed by atoms with Gasteiger partial charge in [0.1, 0.15) is 28.0 Å². The molecule has 71 heavy (non-hydrogen) atoms. The molecule has 1 aliphatic rings. The first-order chi connectivity index (χ1) is 33.7. The monoisotopic (exact) mass is 999 g/mol. The van der Waals surface area contributed by atoms with Crippen LogP contribution in [-0.2, 0) is 43.7 Å². The number of carbonyl (C=O) groups excluding carboxylic acids is 3. The van der Waals surface area contributed by atoms with Crippen LogP contribution in [-0.4, -0.2) is 98.0 Å². The number of hydrogen-bond acceptors (Lipinski definition) is 13. The molecule has 0 radical (unpaired) electrons. The summed E-state index contributed by atoms with van der Waals surface area (Å²) in [4.78, 5) is 52.8. The fraction of sp³-hybridized carbons (Fsp3) is 0.434. The first-order valence-electron chi connectivity index (χ1n) is 23.7. The fourth-order valence-electron chi connectivity index (χ4n) is 7.42. The molecule has 0 saturated carbocycles. The summed E-state index contributed by atoms with van der Waals surface area (Å²) in [5.74, 6) is 1.18. The van der Waals surface area contributed by atoms with Crippen LogP contribution in [0.25, 0.3) is 0 Å². The van der Waals surface area contributed by atoms with Crippen LogP contribution in [0.4, 0.5) is 5.82 Å². The number of carboxylic acid groups (broad SMARTS) is 1. The molecule has 18 heteroatoms. The number of aromatic nitrogens is 1. The predicted octanol–water partition coefficient (Wildman–Crippen LogP) is 8.01. The lowest BCUT2D eigenvalue weighted by Gasteiger charge is -2.32. The van der Waals surface area contributed by atoms with Gasteiger partial charge in [-0.3, -0.25) is 23.7 Å². The van der Waals surface area contributed by atoms with Crippen LogP contribution in [0.3, 0.4) is 0 Å². The molecule has 0 aliphatic heterocycles. The van der Waals surface area contributed by atoms with Gasteiger partial charge in [0, 0.05) is 72.4 Å². The second-order valence-electron chi connectivity index (χ2n) is 18.5. The third-order valence-corrected chi connectivity index (χ3v) is 12.3. The van der Waals surface area contributed by atoms with Gasteiger partial charge in [0.15, 0.2) is 5.78 Å². The minimum atomic E-state index is -4.20. The molecule has 0 fully saturated rings. The van der Waals surface area contributed by atoms with Crippen LogP contribution in [0, 0.1) is 10.8 Å². The summed E-state index contributed by atoms with van der Waals surface area (Å²) in [7, 11) is -4.20. The number of carbonyl (C=O) groups is 4. The van der Waals surface area contributed by atoms with Gasteiger partial charge >= 0.3 is 5.97 Å². The first kappa shape index (κ1) is 57.0. The highest BCUT2D eigenvalue weighted by molar-refractivity contribution is 7.86. The first-order valence-corrected chi connectivity index (χ1v) is 25.2. The molecular weight excluding hydrogens is 931 g/mol. The van der Waals surface area contributed by atoms with Crippen molar-refractivity contribution < 1.29 is 56.2 Å². The van der Waals surface area contributed by atoms with E-state index >= 15 is 0 Å². The number of nitrogens with one attached hydrogen (secondary N) is 3. The van der Waals surface area contributed by atoms with E-state index in [4.69, 9.17) is 34.6 Å². The average molecular weight is 1000 g/mol. The maximum absolute atomic E-state index is 12.7. The Labute approximate surface area is 417 Å². The molecule has 2 amide bonds. The van der Waals surface area contributed by atoms with Crippen molar-refractivity contribution in [3.05, 3.63) is 119 Å². The Balaban J connectivity index is 0.000000795. The van der Waals surface area contributed by atoms with Crippen molar-refractivity contribution in [3.8, 4) is 17.2 Å². The van der Waals surface area contributed by atoms with E-state index in [9.17, 15) is 32.7 Å². The van der Waals surface area contributed by atoms with Gasteiger partial charge in [0.2, 0.25) is 5.91 Å². The normalized spacial score (nSPS) is 12.4. The summed E-state index contributed by atoms with van der Waals surface area (Å²) in [6, 6.07) is 18.2. The number of aliphatic carboxylic acids is 1. The second-order valence-corrected chi connectivity index (χ2v) is 19.9. The highest BCUT2D eigenvalue weighted by atomic mass is 32.2. The molecule has 1 aromatic heterocycles. The Morgan fingerprint density at radius 1 is 0.831 bits per heavy atom. The van der Waals surface area contributed by atoms with Gasteiger partial charge < -0.3 is 45.8 Å². The van der Waals surface area contributed by atoms with Gasteiger partial charge in [-0.15, -0.1) is 6.58 Å². The zero-order chi connectivity index (χ0) is 52.0. The summed E-state index contributed by atoms with van der Waals surface area (Å²) in [6.45, 7) is 13.9. The standard InChI is InChI=1S/C46H62N4O9.C7H7NO3S/c1-6-13-35-33-14-10-15-37(51)34(33)20-22-40(35)57-26-9-7-8-25-56-38-16-11-17-39(36(38)21-24-43(53)54)58-27-12-18-42(52)49-30-46(4,5)59-31-45(2,3)29-50-44(55)32-19-23-41(47)48-28-32;8-5-6-3-1-2-4-7(6)12(9,10)11/h6,11,16-17,19-20,22-23,28H,1,7-10,12-15,18,21,24-27,29-31H2,2-5H3,(H2,47,48)(H,49,52)(H,50,55)(H,53,54);1-5,8H,(H,9,10,11). The van der Waals surface area contributed by atoms with Crippen molar-refractivity contribution in [2.24, 2.45) is 5.41 Å². The summed E-state index contributed by atoms with van der Waals surface area (Å²) in [5.41, 5.74) is 8.84. The average Bonchev–Trinajstić information content (AvgIpc) is 3.33. The van der Waals surface area contributed by atoms with Crippen molar-refractivity contribution in [2.45, 2.75) is 109 Å². The van der Waals surface area contributed by atoms with Crippen LogP contribution in [0.5, 0.6) is 17.2 Å². The highest BCUT2D eigenvalue weighted by Crippen LogP contribution is 2.33. The Morgan fingerprint density at radius 3 is 2.10 bits per heavy atom. The van der Waals surface area contributed by atoms with Crippen molar-refractivity contribution >= 4 is 45.7 Å². The lowest BCUT2D eigenvalue weighted by molar-refractivity contribution is -0.137. The second kappa shape index (κ2) is 27.7. The molecule has 4 aromatic rings. The number of nitrogens with zero attached hydrogens (tertiary/aromatic N) is 1. The Bertz CT molecular complexity index is 2560. The number of nitrogens with two attached hydrogens (primary N) is 1. The zero-order valence-corrected chi connectivity index (χ0v) is 42.0. The molecule has 1 heterocycles. The molecule has 7 N–H and O–H groups in total. The Kier molecular flexibility index (Phi) is 22.2. The molecule has 3 aromatic carbocycles. The van der Waals surface area contributed by atoms with Crippen molar-refractivity contribution in [1.29, 1.82) is 5.41 Å². The number of anilines is 1. The molecule has 0 saturated heterocycles. The summed E-state index contributed by atoms with van der Waals surface area (Å²) in [5, 5.41) is 22.1. The van der Waals surface area contributed by atoms with E-state index in [-0.39, 0.29) is 59.3 Å². The quantitative estimate of drug-likeness (QED) is 0.0136. The van der Waals surface area contributed by atoms with Crippen LogP contribution in [0.2, 0.25) is 0 Å². The molecule has 0 spiro atoms. The van der Waals surface area contributed by atoms with E-state index in [1.165, 1.54) is 24.4 Å². The van der Waals surface area contributed by atoms with Gasteiger partial charge in [-0.1, -0.05) is 44.2 Å². The van der Waals surface area contributed by atoms with Crippen LogP contribution >= 0.6 is 0 Å². The molecule has 1 aliphatic carbocycles. The van der Waals surface area contributed by atoms with Gasteiger partial charge in [-0.2, -0.15) is 8.42 Å². The van der Waals surface area contributed by atoms with Crippen LogP contribution in [0.15, 0.2) is 90.5 Å². The minimum Gasteiger partial charge on any atom is -0.493 e. The third kappa shape index (κ3) is 19.2. The number of unbranched alkanes of at least 4 members (excludes halogenated alkanes) is 2. The number of ether oxygens (including phenoxy) is 4. The van der Waals surface area contributed by atoms with Gasteiger partial charge in [-0.25, -0.2) is 4.98 Å². The number of amides is 2. The summed E-state index contributed by atoms with van der Waals surface area (Å²) in [6.07, 6.45) is 10.5. The number of benzene rings is 3. The lowest BCUT2D eigenvalue weighted by Crippen LogP contribution is -2.44. The van der Waals surface area contributed by atoms with Crippen molar-refractivity contribution in [2.75, 3.05) is 45.3 Å². The molecule has 384 valence electrons. The number of Topliss-reactive ketones (excluding diaryl/α,β-unsaturated/α-hetero) is 1. The topological polar surface area (TPSA) is 267 Å². The van der Waals surface area contributed by atoms with E-state index in [0.717, 1.165) is 60.8 Å². The summed E-state index contributed by atoms with van der Waals surface area (Å²) >= 11 is 0. The van der Waals surface area contributed by atoms with E-state index in [2.05, 4.69) is 22.2 Å². The van der Waals surface area contributed by atoms with E-state index in [1.54, 1.807) is 24.3 Å². The fourth-order valence-corrected chi connectivity index (χ4v) is 8.10. The SMILES string of the molecule is C=CCc1c(OCCCCCOc2cccc(OCCCC(=O)NCC(C)(C)OCC(C)(C)CNC(=O)c3ccc(N)nc3)c2CCC(=O)O)ccc2c1CCCC2=O.N=Cc1ccccc1S(=O)(=O)O. The molecule has 0 bridgehead atoms. The highest BCUT2D eigenvalue weighted by Gasteiger charge is 2.27. The number of allylic oxidation sites excluding steroid dienone is 1. The number of fused-ring (bicyclic) bond motifs is 1. The van der Waals surface area contributed by atoms with E-state index < -0.39 is 21.7 Å². The van der Waals surface area contributed by atoms with Crippen LogP contribution < -0.4 is 30.6 Å². The van der Waals surface area contributed by atoms with Crippen molar-refractivity contribution in [1.82, 2.24) is 15.6 Å². The smallest absolute Gasteiger partial charge is 0.303 e. The number of pyridine rings is 1. The molecule has 17 nitrogen and oxygen atoms in total. The lowest BCUT2D eigenvalue weighted by atomic mass is 9.86. The number of hydrogen-bond donors (Lipinski definition) is 6. The number of rotatable bonds is 28. The number of carboxylic acids is 1. The van der Waals surface area contributed by atoms with Crippen LogP contribution in [0.1, 0.15) is 122 Å². The molecular formula is C53H69N5O12S.